The minimum atomic E-state index is -1.06. The molecule has 0 aliphatic heterocycles. The highest BCUT2D eigenvalue weighted by Gasteiger charge is 2.07. The summed E-state index contributed by atoms with van der Waals surface area (Å²) < 4.78 is 5.02. The lowest BCUT2D eigenvalue weighted by Crippen LogP contribution is -2.25. The minimum Gasteiger partial charge on any atom is -0.482 e. The molecule has 5 nitrogen and oxygen atoms in total. The zero-order valence-corrected chi connectivity index (χ0v) is 11.8. The molecule has 6 heteroatoms. The van der Waals surface area contributed by atoms with Gasteiger partial charge in [-0.1, -0.05) is 12.1 Å². The summed E-state index contributed by atoms with van der Waals surface area (Å²) in [6.45, 7) is 3.76. The number of carboxylic acids is 1. The zero-order valence-electron chi connectivity index (χ0n) is 11.0. The molecule has 1 aromatic rings. The number of hydrogen-bond acceptors (Lipinski definition) is 4. The molecule has 0 atom stereocenters. The van der Waals surface area contributed by atoms with Crippen LogP contribution in [-0.2, 0) is 4.79 Å². The number of thioether (sulfide) groups is 1. The van der Waals surface area contributed by atoms with Crippen LogP contribution < -0.4 is 10.1 Å². The molecule has 0 aliphatic carbocycles. The average molecular weight is 295 g/mol. The van der Waals surface area contributed by atoms with Gasteiger partial charge in [0.15, 0.2) is 6.61 Å². The van der Waals surface area contributed by atoms with Crippen molar-refractivity contribution in [2.75, 3.05) is 24.7 Å². The van der Waals surface area contributed by atoms with Gasteiger partial charge >= 0.3 is 5.97 Å². The predicted octanol–water partition coefficient (Wildman–Crippen LogP) is 1.80. The summed E-state index contributed by atoms with van der Waals surface area (Å²) in [5.41, 5.74) is 0.446. The standard InChI is InChI=1S/C14H17NO4S/c1-2-7-20-8-6-15-14(18)11-4-3-5-12(9-11)19-10-13(16)17/h2-5,9H,1,6-8,10H2,(H,15,18)(H,16,17). The third-order valence-corrected chi connectivity index (χ3v) is 3.19. The number of carboxylic acid groups (broad SMARTS) is 1. The van der Waals surface area contributed by atoms with E-state index in [0.717, 1.165) is 11.5 Å². The number of carbonyl (C=O) groups is 2. The molecule has 1 rings (SSSR count). The van der Waals surface area contributed by atoms with E-state index in [1.807, 2.05) is 6.08 Å². The Labute approximate surface area is 122 Å². The van der Waals surface area contributed by atoms with E-state index in [-0.39, 0.29) is 5.91 Å². The Bertz CT molecular complexity index is 476. The lowest BCUT2D eigenvalue weighted by atomic mass is 10.2. The summed E-state index contributed by atoms with van der Waals surface area (Å²) in [6, 6.07) is 6.44. The maximum absolute atomic E-state index is 11.9. The van der Waals surface area contributed by atoms with Gasteiger partial charge in [0.1, 0.15) is 5.75 Å². The Morgan fingerprint density at radius 2 is 2.25 bits per heavy atom. The fourth-order valence-corrected chi connectivity index (χ4v) is 1.96. The summed E-state index contributed by atoms with van der Waals surface area (Å²) >= 11 is 1.68. The number of aliphatic carboxylic acids is 1. The summed E-state index contributed by atoms with van der Waals surface area (Å²) in [5, 5.41) is 11.3. The van der Waals surface area contributed by atoms with Crippen LogP contribution in [0.3, 0.4) is 0 Å². The molecule has 0 aliphatic rings. The van der Waals surface area contributed by atoms with E-state index in [1.54, 1.807) is 30.0 Å². The van der Waals surface area contributed by atoms with Crippen molar-refractivity contribution in [1.29, 1.82) is 0 Å². The number of amides is 1. The second kappa shape index (κ2) is 9.03. The average Bonchev–Trinajstić information content (AvgIpc) is 2.45. The Hall–Kier alpha value is -1.95. The van der Waals surface area contributed by atoms with E-state index < -0.39 is 12.6 Å². The lowest BCUT2D eigenvalue weighted by molar-refractivity contribution is -0.139. The quantitative estimate of drug-likeness (QED) is 0.536. The van der Waals surface area contributed by atoms with E-state index >= 15 is 0 Å². The molecular formula is C14H17NO4S. The summed E-state index contributed by atoms with van der Waals surface area (Å²) in [6.07, 6.45) is 1.82. The van der Waals surface area contributed by atoms with Crippen molar-refractivity contribution in [2.45, 2.75) is 0 Å². The predicted molar refractivity (Wildman–Crippen MR) is 79.4 cm³/mol. The van der Waals surface area contributed by atoms with Crippen molar-refractivity contribution in [1.82, 2.24) is 5.32 Å². The topological polar surface area (TPSA) is 75.6 Å². The molecule has 0 bridgehead atoms. The molecule has 2 N–H and O–H groups in total. The highest BCUT2D eigenvalue weighted by Crippen LogP contribution is 2.13. The van der Waals surface area contributed by atoms with Gasteiger partial charge in [0.05, 0.1) is 0 Å². The molecule has 0 saturated heterocycles. The van der Waals surface area contributed by atoms with Crippen molar-refractivity contribution >= 4 is 23.6 Å². The van der Waals surface area contributed by atoms with Crippen molar-refractivity contribution in [3.8, 4) is 5.75 Å². The maximum atomic E-state index is 11.9. The Kier molecular flexibility index (Phi) is 7.27. The van der Waals surface area contributed by atoms with E-state index in [9.17, 15) is 9.59 Å². The normalized spacial score (nSPS) is 9.80. The molecule has 0 spiro atoms. The van der Waals surface area contributed by atoms with Gasteiger partial charge in [0.2, 0.25) is 0 Å². The number of nitrogens with one attached hydrogen (secondary N) is 1. The van der Waals surface area contributed by atoms with Crippen LogP contribution in [-0.4, -0.2) is 41.6 Å². The second-order valence-corrected chi connectivity index (χ2v) is 4.98. The minimum absolute atomic E-state index is 0.204. The van der Waals surface area contributed by atoms with E-state index in [4.69, 9.17) is 9.84 Å². The molecule has 0 saturated carbocycles. The second-order valence-electron chi connectivity index (χ2n) is 3.83. The third kappa shape index (κ3) is 6.29. The van der Waals surface area contributed by atoms with Gasteiger partial charge in [0, 0.05) is 23.6 Å². The lowest BCUT2D eigenvalue weighted by Gasteiger charge is -2.07. The number of ether oxygens (including phenoxy) is 1. The highest BCUT2D eigenvalue weighted by molar-refractivity contribution is 7.99. The van der Waals surface area contributed by atoms with E-state index in [1.165, 1.54) is 6.07 Å². The van der Waals surface area contributed by atoms with Crippen LogP contribution in [0, 0.1) is 0 Å². The van der Waals surface area contributed by atoms with Crippen molar-refractivity contribution in [3.05, 3.63) is 42.5 Å². The summed E-state index contributed by atoms with van der Waals surface area (Å²) in [4.78, 5) is 22.3. The molecule has 1 aromatic carbocycles. The maximum Gasteiger partial charge on any atom is 0.341 e. The van der Waals surface area contributed by atoms with Crippen molar-refractivity contribution < 1.29 is 19.4 Å². The van der Waals surface area contributed by atoms with Crippen LogP contribution in [0.5, 0.6) is 5.75 Å². The summed E-state index contributed by atoms with van der Waals surface area (Å²) in [7, 11) is 0. The SMILES string of the molecule is C=CCSCCNC(=O)c1cccc(OCC(=O)O)c1. The third-order valence-electron chi connectivity index (χ3n) is 2.23. The van der Waals surface area contributed by atoms with Crippen molar-refractivity contribution in [3.63, 3.8) is 0 Å². The van der Waals surface area contributed by atoms with Gasteiger partial charge in [0.25, 0.3) is 5.91 Å². The molecule has 0 radical (unpaired) electrons. The molecule has 0 aromatic heterocycles. The van der Waals surface area contributed by atoms with Crippen LogP contribution in [0.1, 0.15) is 10.4 Å². The van der Waals surface area contributed by atoms with Crippen LogP contribution in [0.4, 0.5) is 0 Å². The molecular weight excluding hydrogens is 278 g/mol. The number of hydrogen-bond donors (Lipinski definition) is 2. The molecule has 0 fully saturated rings. The van der Waals surface area contributed by atoms with Gasteiger partial charge in [-0.3, -0.25) is 4.79 Å². The molecule has 108 valence electrons. The highest BCUT2D eigenvalue weighted by atomic mass is 32.2. The first kappa shape index (κ1) is 16.1. The van der Waals surface area contributed by atoms with Crippen LogP contribution >= 0.6 is 11.8 Å². The monoisotopic (exact) mass is 295 g/mol. The van der Waals surface area contributed by atoms with Gasteiger partial charge in [-0.15, -0.1) is 6.58 Å². The zero-order chi connectivity index (χ0) is 14.8. The number of benzene rings is 1. The fraction of sp³-hybridized carbons (Fsp3) is 0.286. The Morgan fingerprint density at radius 1 is 1.45 bits per heavy atom. The number of rotatable bonds is 9. The first-order valence-corrected chi connectivity index (χ1v) is 7.20. The number of carbonyl (C=O) groups excluding carboxylic acids is 1. The van der Waals surface area contributed by atoms with Crippen molar-refractivity contribution in [2.24, 2.45) is 0 Å². The Morgan fingerprint density at radius 3 is 2.95 bits per heavy atom. The fourth-order valence-electron chi connectivity index (χ4n) is 1.38. The van der Waals surface area contributed by atoms with Crippen LogP contribution in [0.2, 0.25) is 0 Å². The van der Waals surface area contributed by atoms with Gasteiger partial charge in [-0.25, -0.2) is 4.79 Å². The van der Waals surface area contributed by atoms with Crippen LogP contribution in [0.25, 0.3) is 0 Å². The van der Waals surface area contributed by atoms with Crippen LogP contribution in [0.15, 0.2) is 36.9 Å². The molecule has 20 heavy (non-hydrogen) atoms. The van der Waals surface area contributed by atoms with Gasteiger partial charge in [-0.05, 0) is 18.2 Å². The smallest absolute Gasteiger partial charge is 0.341 e. The first-order chi connectivity index (χ1) is 9.63. The first-order valence-electron chi connectivity index (χ1n) is 6.05. The Balaban J connectivity index is 2.44. The van der Waals surface area contributed by atoms with E-state index in [2.05, 4.69) is 11.9 Å². The molecule has 0 unspecified atom stereocenters. The largest absolute Gasteiger partial charge is 0.482 e. The van der Waals surface area contributed by atoms with Gasteiger partial charge in [-0.2, -0.15) is 11.8 Å². The molecule has 1 amide bonds. The molecule has 0 heterocycles. The van der Waals surface area contributed by atoms with Gasteiger partial charge < -0.3 is 15.2 Å². The summed E-state index contributed by atoms with van der Waals surface area (Å²) in [5.74, 6) is 0.770. The van der Waals surface area contributed by atoms with E-state index in [0.29, 0.717) is 17.9 Å².